The summed E-state index contributed by atoms with van der Waals surface area (Å²) in [6.07, 6.45) is 10.8. The van der Waals surface area contributed by atoms with Crippen molar-refractivity contribution in [1.29, 1.82) is 0 Å². The van der Waals surface area contributed by atoms with E-state index in [2.05, 4.69) is 56.3 Å². The maximum atomic E-state index is 12.6. The van der Waals surface area contributed by atoms with E-state index in [0.29, 0.717) is 29.8 Å². The van der Waals surface area contributed by atoms with Crippen LogP contribution in [0.15, 0.2) is 23.8 Å². The topological polar surface area (TPSA) is 32.3 Å². The number of allylic oxidation sites excluding steroid dienone is 1. The smallest absolute Gasteiger partial charge is 0.247 e. The van der Waals surface area contributed by atoms with Gasteiger partial charge in [-0.3, -0.25) is 9.69 Å². The summed E-state index contributed by atoms with van der Waals surface area (Å²) in [6.45, 7) is 6.89. The molecule has 1 fully saturated rings. The van der Waals surface area contributed by atoms with Gasteiger partial charge < -0.3 is 5.32 Å². The van der Waals surface area contributed by atoms with Crippen LogP contribution in [0.4, 0.5) is 0 Å². The first-order valence-electron chi connectivity index (χ1n) is 8.87. The van der Waals surface area contributed by atoms with Crippen molar-refractivity contribution >= 4 is 5.91 Å². The summed E-state index contributed by atoms with van der Waals surface area (Å²) in [5.74, 6) is 2.12. The lowest BCUT2D eigenvalue weighted by Crippen LogP contribution is -2.39. The summed E-state index contributed by atoms with van der Waals surface area (Å²) in [6, 6.07) is 1.47. The number of amides is 1. The van der Waals surface area contributed by atoms with Gasteiger partial charge in [-0.2, -0.15) is 0 Å². The average Bonchev–Trinajstić information content (AvgIpc) is 2.74. The van der Waals surface area contributed by atoms with Crippen molar-refractivity contribution in [3.8, 4) is 0 Å². The average molecular weight is 302 g/mol. The molecule has 0 bridgehead atoms. The van der Waals surface area contributed by atoms with Crippen molar-refractivity contribution in [3.05, 3.63) is 23.8 Å². The number of nitrogens with zero attached hydrogens (tertiary/aromatic N) is 1. The first kappa shape index (κ1) is 15.8. The number of nitrogens with one attached hydrogen (secondary N) is 1. The molecule has 0 aromatic heterocycles. The molecule has 1 N–H and O–H groups in total. The Kier molecular flexibility index (Phi) is 4.44. The van der Waals surface area contributed by atoms with Crippen molar-refractivity contribution < 1.29 is 4.79 Å². The van der Waals surface area contributed by atoms with Gasteiger partial charge in [0, 0.05) is 23.7 Å². The van der Waals surface area contributed by atoms with Crippen molar-refractivity contribution in [3.63, 3.8) is 0 Å². The Bertz CT molecular complexity index is 496. The highest BCUT2D eigenvalue weighted by Gasteiger charge is 2.44. The van der Waals surface area contributed by atoms with E-state index in [1.165, 1.54) is 6.42 Å². The van der Waals surface area contributed by atoms with Gasteiger partial charge in [-0.1, -0.05) is 32.1 Å². The van der Waals surface area contributed by atoms with Crippen molar-refractivity contribution in [1.82, 2.24) is 10.2 Å². The zero-order valence-corrected chi connectivity index (χ0v) is 14.4. The van der Waals surface area contributed by atoms with E-state index in [4.69, 9.17) is 0 Å². The van der Waals surface area contributed by atoms with E-state index in [9.17, 15) is 4.79 Å². The van der Waals surface area contributed by atoms with Crippen LogP contribution in [0.3, 0.4) is 0 Å². The van der Waals surface area contributed by atoms with E-state index < -0.39 is 0 Å². The van der Waals surface area contributed by atoms with E-state index in [-0.39, 0.29) is 11.9 Å². The SMILES string of the molecule is CC1C2CC(C(=O)NC3C=C[C@@H](C)CC3)=CCC2N(C)C1C. The summed E-state index contributed by atoms with van der Waals surface area (Å²) in [5, 5.41) is 3.22. The van der Waals surface area contributed by atoms with Crippen molar-refractivity contribution in [2.24, 2.45) is 17.8 Å². The molecule has 0 aromatic carbocycles. The molecule has 3 aliphatic rings. The fourth-order valence-corrected chi connectivity index (χ4v) is 4.47. The second kappa shape index (κ2) is 6.19. The number of hydrogen-bond acceptors (Lipinski definition) is 2. The molecule has 1 heterocycles. The predicted octanol–water partition coefficient (Wildman–Crippen LogP) is 3.13. The van der Waals surface area contributed by atoms with Gasteiger partial charge in [0.2, 0.25) is 5.91 Å². The highest BCUT2D eigenvalue weighted by molar-refractivity contribution is 5.94. The number of fused-ring (bicyclic) bond motifs is 1. The van der Waals surface area contributed by atoms with Gasteiger partial charge >= 0.3 is 0 Å². The number of hydrogen-bond donors (Lipinski definition) is 1. The maximum Gasteiger partial charge on any atom is 0.247 e. The first-order chi connectivity index (χ1) is 10.5. The summed E-state index contributed by atoms with van der Waals surface area (Å²) in [5.41, 5.74) is 1.02. The zero-order valence-electron chi connectivity index (χ0n) is 14.4. The molecule has 2 aliphatic carbocycles. The number of carbonyl (C=O) groups excluding carboxylic acids is 1. The van der Waals surface area contributed by atoms with Gasteiger partial charge in [0.1, 0.15) is 0 Å². The Hall–Kier alpha value is -1.09. The summed E-state index contributed by atoms with van der Waals surface area (Å²) < 4.78 is 0. The molecule has 22 heavy (non-hydrogen) atoms. The molecule has 1 amide bonds. The van der Waals surface area contributed by atoms with Gasteiger partial charge in [-0.05, 0) is 57.4 Å². The Morgan fingerprint density at radius 2 is 2.00 bits per heavy atom. The summed E-state index contributed by atoms with van der Waals surface area (Å²) in [4.78, 5) is 15.1. The number of carbonyl (C=O) groups is 1. The lowest BCUT2D eigenvalue weighted by atomic mass is 9.79. The largest absolute Gasteiger partial charge is 0.346 e. The third-order valence-electron chi connectivity index (χ3n) is 6.37. The molecule has 1 aliphatic heterocycles. The van der Waals surface area contributed by atoms with E-state index in [1.807, 2.05) is 0 Å². The monoisotopic (exact) mass is 302 g/mol. The lowest BCUT2D eigenvalue weighted by Gasteiger charge is -2.30. The van der Waals surface area contributed by atoms with Gasteiger partial charge in [0.05, 0.1) is 0 Å². The van der Waals surface area contributed by atoms with Crippen LogP contribution in [-0.2, 0) is 4.79 Å². The summed E-state index contributed by atoms with van der Waals surface area (Å²) in [7, 11) is 2.23. The molecule has 0 radical (unpaired) electrons. The Morgan fingerprint density at radius 3 is 2.68 bits per heavy atom. The molecule has 5 unspecified atom stereocenters. The molecular weight excluding hydrogens is 272 g/mol. The minimum absolute atomic E-state index is 0.164. The van der Waals surface area contributed by atoms with Crippen LogP contribution in [0.2, 0.25) is 0 Å². The zero-order chi connectivity index (χ0) is 15.9. The second-order valence-corrected chi connectivity index (χ2v) is 7.69. The highest BCUT2D eigenvalue weighted by Crippen LogP contribution is 2.42. The number of likely N-dealkylation sites (tertiary alicyclic amines) is 1. The highest BCUT2D eigenvalue weighted by atomic mass is 16.1. The van der Waals surface area contributed by atoms with Gasteiger partial charge in [0.15, 0.2) is 0 Å². The molecular formula is C19H30N2O. The molecule has 6 atom stereocenters. The molecule has 3 rings (SSSR count). The van der Waals surface area contributed by atoms with Crippen LogP contribution in [0.1, 0.15) is 46.5 Å². The fraction of sp³-hybridized carbons (Fsp3) is 0.737. The fourth-order valence-electron chi connectivity index (χ4n) is 4.47. The van der Waals surface area contributed by atoms with Crippen LogP contribution in [0, 0.1) is 17.8 Å². The van der Waals surface area contributed by atoms with Crippen LogP contribution >= 0.6 is 0 Å². The van der Waals surface area contributed by atoms with E-state index >= 15 is 0 Å². The maximum absolute atomic E-state index is 12.6. The Labute approximate surface area is 134 Å². The molecule has 3 nitrogen and oxygen atoms in total. The van der Waals surface area contributed by atoms with Crippen molar-refractivity contribution in [2.75, 3.05) is 7.05 Å². The molecule has 3 heteroatoms. The van der Waals surface area contributed by atoms with Gasteiger partial charge in [0.25, 0.3) is 0 Å². The van der Waals surface area contributed by atoms with Gasteiger partial charge in [-0.25, -0.2) is 0 Å². The minimum atomic E-state index is 0.164. The Morgan fingerprint density at radius 1 is 1.23 bits per heavy atom. The third kappa shape index (κ3) is 2.88. The first-order valence-corrected chi connectivity index (χ1v) is 8.87. The Balaban J connectivity index is 1.63. The lowest BCUT2D eigenvalue weighted by molar-refractivity contribution is -0.118. The quantitative estimate of drug-likeness (QED) is 0.795. The molecule has 1 saturated heterocycles. The van der Waals surface area contributed by atoms with Crippen molar-refractivity contribution in [2.45, 2.75) is 64.6 Å². The van der Waals surface area contributed by atoms with Crippen LogP contribution in [0.5, 0.6) is 0 Å². The van der Waals surface area contributed by atoms with Crippen LogP contribution in [-0.4, -0.2) is 36.0 Å². The second-order valence-electron chi connectivity index (χ2n) is 7.69. The van der Waals surface area contributed by atoms with E-state index in [1.54, 1.807) is 0 Å². The molecule has 0 spiro atoms. The van der Waals surface area contributed by atoms with Crippen LogP contribution < -0.4 is 5.32 Å². The molecule has 0 saturated carbocycles. The summed E-state index contributed by atoms with van der Waals surface area (Å²) >= 11 is 0. The van der Waals surface area contributed by atoms with Crippen LogP contribution in [0.25, 0.3) is 0 Å². The molecule has 122 valence electrons. The molecule has 0 aromatic rings. The normalized spacial score (nSPS) is 41.9. The third-order valence-corrected chi connectivity index (χ3v) is 6.37. The number of rotatable bonds is 2. The minimum Gasteiger partial charge on any atom is -0.346 e. The standard InChI is InChI=1S/C19H30N2O/c1-12-5-8-16(9-6-12)20-19(22)15-7-10-18-17(11-15)13(2)14(3)21(18)4/h5,7-8,12-14,16-18H,6,9-11H2,1-4H3,(H,20,22)/t12-,13?,14?,16?,17?,18?/m1/s1. The van der Waals surface area contributed by atoms with Gasteiger partial charge in [-0.15, -0.1) is 0 Å². The van der Waals surface area contributed by atoms with E-state index in [0.717, 1.165) is 24.8 Å². The predicted molar refractivity (Wildman–Crippen MR) is 90.5 cm³/mol.